The number of piperidine rings is 1. The summed E-state index contributed by atoms with van der Waals surface area (Å²) in [5, 5.41) is 3.11. The predicted molar refractivity (Wildman–Crippen MR) is 130 cm³/mol. The number of carbonyl (C=O) groups excluding carboxylic acids is 2. The number of para-hydroxylation sites is 1. The SMILES string of the molecule is COc1ccccc1CCNC(=O)[C@@H]1CC[C@@H](c2cccc(C)c2)N(C(=O)C2CCCC2)C1. The number of nitrogens with zero attached hydrogens (tertiary/aromatic N) is 1. The molecule has 1 heterocycles. The van der Waals surface area contributed by atoms with Crippen molar-refractivity contribution < 1.29 is 14.3 Å². The maximum Gasteiger partial charge on any atom is 0.226 e. The van der Waals surface area contributed by atoms with Gasteiger partial charge in [0.05, 0.1) is 19.1 Å². The highest BCUT2D eigenvalue weighted by Crippen LogP contribution is 2.37. The van der Waals surface area contributed by atoms with Crippen molar-refractivity contribution >= 4 is 11.8 Å². The monoisotopic (exact) mass is 448 g/mol. The zero-order chi connectivity index (χ0) is 23.2. The minimum absolute atomic E-state index is 0.0526. The average Bonchev–Trinajstić information content (AvgIpc) is 3.38. The third kappa shape index (κ3) is 5.58. The standard InChI is InChI=1S/C28H36N2O3/c1-20-8-7-12-23(18-20)25-15-14-24(19-30(25)28(32)22-10-3-4-11-22)27(31)29-17-16-21-9-5-6-13-26(21)33-2/h5-9,12-13,18,22,24-25H,3-4,10-11,14-17,19H2,1-2H3,(H,29,31)/t24-,25+/m1/s1. The lowest BCUT2D eigenvalue weighted by molar-refractivity contribution is -0.142. The van der Waals surface area contributed by atoms with Gasteiger partial charge in [-0.25, -0.2) is 0 Å². The Morgan fingerprint density at radius 3 is 2.55 bits per heavy atom. The third-order valence-electron chi connectivity index (χ3n) is 7.25. The van der Waals surface area contributed by atoms with Crippen molar-refractivity contribution in [2.24, 2.45) is 11.8 Å². The summed E-state index contributed by atoms with van der Waals surface area (Å²) in [5.41, 5.74) is 3.48. The molecule has 0 unspecified atom stereocenters. The van der Waals surface area contributed by atoms with Crippen LogP contribution in [0.25, 0.3) is 0 Å². The molecule has 1 saturated carbocycles. The van der Waals surface area contributed by atoms with Crippen LogP contribution < -0.4 is 10.1 Å². The number of rotatable bonds is 7. The molecule has 1 aliphatic carbocycles. The molecule has 0 bridgehead atoms. The number of methoxy groups -OCH3 is 1. The van der Waals surface area contributed by atoms with E-state index in [1.165, 1.54) is 11.1 Å². The molecule has 5 nitrogen and oxygen atoms in total. The quantitative estimate of drug-likeness (QED) is 0.660. The minimum Gasteiger partial charge on any atom is -0.496 e. The van der Waals surface area contributed by atoms with Crippen LogP contribution in [0.1, 0.15) is 61.3 Å². The van der Waals surface area contributed by atoms with Crippen molar-refractivity contribution in [2.75, 3.05) is 20.2 Å². The van der Waals surface area contributed by atoms with Gasteiger partial charge in [0.1, 0.15) is 5.75 Å². The van der Waals surface area contributed by atoms with E-state index >= 15 is 0 Å². The van der Waals surface area contributed by atoms with Gasteiger partial charge in [-0.05, 0) is 56.2 Å². The minimum atomic E-state index is -0.158. The van der Waals surface area contributed by atoms with Crippen LogP contribution in [0.3, 0.4) is 0 Å². The van der Waals surface area contributed by atoms with Crippen molar-refractivity contribution in [2.45, 2.75) is 57.9 Å². The van der Waals surface area contributed by atoms with Crippen LogP contribution in [0.5, 0.6) is 5.75 Å². The molecule has 176 valence electrons. The van der Waals surface area contributed by atoms with Crippen LogP contribution in [0.2, 0.25) is 0 Å². The van der Waals surface area contributed by atoms with Crippen LogP contribution in [-0.2, 0) is 16.0 Å². The fourth-order valence-corrected chi connectivity index (χ4v) is 5.43. The first kappa shape index (κ1) is 23.3. The van der Waals surface area contributed by atoms with Gasteiger partial charge in [-0.15, -0.1) is 0 Å². The second kappa shape index (κ2) is 10.9. The Morgan fingerprint density at radius 2 is 1.79 bits per heavy atom. The van der Waals surface area contributed by atoms with E-state index in [-0.39, 0.29) is 29.7 Å². The van der Waals surface area contributed by atoms with Gasteiger partial charge in [-0.2, -0.15) is 0 Å². The fraction of sp³-hybridized carbons (Fsp3) is 0.500. The molecule has 0 aromatic heterocycles. The molecular weight excluding hydrogens is 412 g/mol. The molecule has 2 atom stereocenters. The first-order chi connectivity index (χ1) is 16.1. The zero-order valence-corrected chi connectivity index (χ0v) is 19.9. The van der Waals surface area contributed by atoms with E-state index in [0.29, 0.717) is 13.1 Å². The van der Waals surface area contributed by atoms with Gasteiger partial charge in [0.2, 0.25) is 11.8 Å². The van der Waals surface area contributed by atoms with Crippen LogP contribution >= 0.6 is 0 Å². The molecule has 0 spiro atoms. The van der Waals surface area contributed by atoms with Gasteiger partial charge >= 0.3 is 0 Å². The number of ether oxygens (including phenoxy) is 1. The fourth-order valence-electron chi connectivity index (χ4n) is 5.43. The highest BCUT2D eigenvalue weighted by atomic mass is 16.5. The van der Waals surface area contributed by atoms with Crippen molar-refractivity contribution in [1.29, 1.82) is 0 Å². The molecular formula is C28H36N2O3. The first-order valence-electron chi connectivity index (χ1n) is 12.3. The van der Waals surface area contributed by atoms with Crippen LogP contribution in [0.4, 0.5) is 0 Å². The van der Waals surface area contributed by atoms with Gasteiger partial charge in [0.25, 0.3) is 0 Å². The number of hydrogen-bond acceptors (Lipinski definition) is 3. The Labute approximate surface area is 197 Å². The maximum atomic E-state index is 13.5. The number of aryl methyl sites for hydroxylation is 1. The summed E-state index contributed by atoms with van der Waals surface area (Å²) in [7, 11) is 1.67. The second-order valence-corrected chi connectivity index (χ2v) is 9.53. The number of carbonyl (C=O) groups is 2. The highest BCUT2D eigenvalue weighted by molar-refractivity contribution is 5.83. The molecule has 1 aliphatic heterocycles. The number of nitrogens with one attached hydrogen (secondary N) is 1. The number of benzene rings is 2. The van der Waals surface area contributed by atoms with Crippen LogP contribution in [0, 0.1) is 18.8 Å². The van der Waals surface area contributed by atoms with E-state index in [2.05, 4.69) is 36.5 Å². The van der Waals surface area contributed by atoms with Crippen LogP contribution in [-0.4, -0.2) is 36.9 Å². The van der Waals surface area contributed by atoms with E-state index in [1.807, 2.05) is 29.2 Å². The summed E-state index contributed by atoms with van der Waals surface area (Å²) in [6.45, 7) is 3.16. The van der Waals surface area contributed by atoms with Gasteiger partial charge in [0.15, 0.2) is 0 Å². The number of likely N-dealkylation sites (tertiary alicyclic amines) is 1. The van der Waals surface area contributed by atoms with Gasteiger partial charge in [0, 0.05) is 19.0 Å². The summed E-state index contributed by atoms with van der Waals surface area (Å²) < 4.78 is 5.41. The van der Waals surface area contributed by atoms with Crippen LogP contribution in [0.15, 0.2) is 48.5 Å². The van der Waals surface area contributed by atoms with Gasteiger partial charge in [-0.3, -0.25) is 9.59 Å². The molecule has 1 saturated heterocycles. The second-order valence-electron chi connectivity index (χ2n) is 9.53. The van der Waals surface area contributed by atoms with E-state index in [0.717, 1.165) is 56.3 Å². The predicted octanol–water partition coefficient (Wildman–Crippen LogP) is 4.83. The Bertz CT molecular complexity index is 967. The Balaban J connectivity index is 1.42. The van der Waals surface area contributed by atoms with E-state index in [4.69, 9.17) is 4.74 Å². The first-order valence-corrected chi connectivity index (χ1v) is 12.3. The molecule has 2 fully saturated rings. The summed E-state index contributed by atoms with van der Waals surface area (Å²) in [6.07, 6.45) is 6.56. The van der Waals surface area contributed by atoms with Gasteiger partial charge in [-0.1, -0.05) is 60.9 Å². The van der Waals surface area contributed by atoms with Crippen molar-refractivity contribution in [3.63, 3.8) is 0 Å². The Hall–Kier alpha value is -2.82. The lowest BCUT2D eigenvalue weighted by atomic mass is 9.86. The smallest absolute Gasteiger partial charge is 0.226 e. The molecule has 1 N–H and O–H groups in total. The normalized spacial score (nSPS) is 21.1. The number of hydrogen-bond donors (Lipinski definition) is 1. The molecule has 4 rings (SSSR count). The largest absolute Gasteiger partial charge is 0.496 e. The Morgan fingerprint density at radius 1 is 1.00 bits per heavy atom. The molecule has 2 aromatic rings. The molecule has 33 heavy (non-hydrogen) atoms. The molecule has 2 aromatic carbocycles. The highest BCUT2D eigenvalue weighted by Gasteiger charge is 2.38. The van der Waals surface area contributed by atoms with Gasteiger partial charge < -0.3 is 15.0 Å². The molecule has 2 aliphatic rings. The number of amides is 2. The lowest BCUT2D eigenvalue weighted by Crippen LogP contribution is -2.48. The maximum absolute atomic E-state index is 13.5. The van der Waals surface area contributed by atoms with E-state index in [9.17, 15) is 9.59 Å². The summed E-state index contributed by atoms with van der Waals surface area (Å²) >= 11 is 0. The topological polar surface area (TPSA) is 58.6 Å². The third-order valence-corrected chi connectivity index (χ3v) is 7.25. The molecule has 2 amide bonds. The van der Waals surface area contributed by atoms with Crippen molar-refractivity contribution in [3.05, 3.63) is 65.2 Å². The summed E-state index contributed by atoms with van der Waals surface area (Å²) in [5.74, 6) is 1.10. The van der Waals surface area contributed by atoms with Crippen molar-refractivity contribution in [1.82, 2.24) is 10.2 Å². The summed E-state index contributed by atoms with van der Waals surface area (Å²) in [6, 6.07) is 16.4. The van der Waals surface area contributed by atoms with E-state index < -0.39 is 0 Å². The molecule has 0 radical (unpaired) electrons. The Kier molecular flexibility index (Phi) is 7.69. The van der Waals surface area contributed by atoms with Crippen molar-refractivity contribution in [3.8, 4) is 5.75 Å². The average molecular weight is 449 g/mol. The lowest BCUT2D eigenvalue weighted by Gasteiger charge is -2.41. The van der Waals surface area contributed by atoms with E-state index in [1.54, 1.807) is 7.11 Å². The summed E-state index contributed by atoms with van der Waals surface area (Å²) in [4.78, 5) is 28.6. The zero-order valence-electron chi connectivity index (χ0n) is 19.9. The molecule has 5 heteroatoms.